The van der Waals surface area contributed by atoms with Gasteiger partial charge in [-0.25, -0.2) is 0 Å². The van der Waals surface area contributed by atoms with Crippen LogP contribution in [0.15, 0.2) is 0 Å². The van der Waals surface area contributed by atoms with Gasteiger partial charge in [-0.1, -0.05) is 13.8 Å². The number of carbonyl (C=O) groups is 1. The van der Waals surface area contributed by atoms with Crippen molar-refractivity contribution >= 4 is 29.3 Å². The monoisotopic (exact) mass is 233 g/mol. The van der Waals surface area contributed by atoms with Gasteiger partial charge in [-0.3, -0.25) is 4.79 Å². The lowest BCUT2D eigenvalue weighted by molar-refractivity contribution is -0.118. The summed E-state index contributed by atoms with van der Waals surface area (Å²) in [6.07, 6.45) is 0.985. The maximum atomic E-state index is 11.3. The van der Waals surface area contributed by atoms with Crippen LogP contribution in [0.1, 0.15) is 27.2 Å². The molecule has 4 heteroatoms. The summed E-state index contributed by atoms with van der Waals surface area (Å²) in [5, 5.41) is 3.33. The molecule has 0 amide bonds. The van der Waals surface area contributed by atoms with E-state index in [1.807, 2.05) is 23.5 Å². The Balaban J connectivity index is 2.58. The van der Waals surface area contributed by atoms with Crippen molar-refractivity contribution in [1.29, 1.82) is 0 Å². The molecular weight excluding hydrogens is 214 g/mol. The van der Waals surface area contributed by atoms with Crippen LogP contribution in [-0.2, 0) is 4.79 Å². The molecule has 1 aliphatic rings. The fraction of sp³-hybridized carbons (Fsp3) is 0.900. The second-order valence-electron chi connectivity index (χ2n) is 3.52. The fourth-order valence-electron chi connectivity index (χ4n) is 1.81. The Bertz CT molecular complexity index is 202. The Kier molecular flexibility index (Phi) is 4.80. The van der Waals surface area contributed by atoms with Gasteiger partial charge in [-0.05, 0) is 24.9 Å². The summed E-state index contributed by atoms with van der Waals surface area (Å²) in [5.74, 6) is 2.53. The van der Waals surface area contributed by atoms with Crippen LogP contribution in [0.5, 0.6) is 0 Å². The molecule has 0 bridgehead atoms. The summed E-state index contributed by atoms with van der Waals surface area (Å²) in [4.78, 5) is 11.3. The maximum Gasteiger partial charge on any atom is 0.146 e. The summed E-state index contributed by atoms with van der Waals surface area (Å²) >= 11 is 3.96. The van der Waals surface area contributed by atoms with Crippen LogP contribution in [0, 0.1) is 0 Å². The highest BCUT2D eigenvalue weighted by atomic mass is 32.2. The van der Waals surface area contributed by atoms with Crippen LogP contribution in [-0.4, -0.2) is 34.0 Å². The van der Waals surface area contributed by atoms with Crippen LogP contribution >= 0.6 is 23.5 Å². The lowest BCUT2D eigenvalue weighted by Crippen LogP contribution is -2.28. The molecule has 1 saturated heterocycles. The zero-order valence-corrected chi connectivity index (χ0v) is 10.8. The highest BCUT2D eigenvalue weighted by molar-refractivity contribution is 8.18. The van der Waals surface area contributed by atoms with Gasteiger partial charge in [0.05, 0.1) is 10.1 Å². The number of ketones is 1. The normalized spacial score (nSPS) is 25.2. The fourth-order valence-corrected chi connectivity index (χ4v) is 4.84. The molecule has 0 radical (unpaired) electrons. The van der Waals surface area contributed by atoms with E-state index >= 15 is 0 Å². The van der Waals surface area contributed by atoms with Crippen molar-refractivity contribution in [3.63, 3.8) is 0 Å². The van der Waals surface area contributed by atoms with Crippen molar-refractivity contribution in [2.45, 2.75) is 37.3 Å². The predicted molar refractivity (Wildman–Crippen MR) is 66.1 cm³/mol. The molecule has 0 aromatic carbocycles. The molecule has 0 aromatic heterocycles. The van der Waals surface area contributed by atoms with Gasteiger partial charge in [0, 0.05) is 6.54 Å². The van der Waals surface area contributed by atoms with E-state index in [1.54, 1.807) is 6.92 Å². The first-order valence-electron chi connectivity index (χ1n) is 5.15. The summed E-state index contributed by atoms with van der Waals surface area (Å²) in [6, 6.07) is 0.0908. The predicted octanol–water partition coefficient (Wildman–Crippen LogP) is 2.14. The number of hydrogen-bond acceptors (Lipinski definition) is 4. The van der Waals surface area contributed by atoms with Gasteiger partial charge in [-0.2, -0.15) is 0 Å². The van der Waals surface area contributed by atoms with E-state index in [1.165, 1.54) is 0 Å². The molecule has 14 heavy (non-hydrogen) atoms. The van der Waals surface area contributed by atoms with Gasteiger partial charge >= 0.3 is 0 Å². The largest absolute Gasteiger partial charge is 0.305 e. The number of hydrogen-bond donors (Lipinski definition) is 1. The van der Waals surface area contributed by atoms with E-state index in [9.17, 15) is 4.79 Å². The molecule has 1 rings (SSSR count). The Hall–Kier alpha value is 0.330. The Morgan fingerprint density at radius 2 is 2.00 bits per heavy atom. The first-order valence-corrected chi connectivity index (χ1v) is 7.12. The van der Waals surface area contributed by atoms with Crippen LogP contribution in [0.2, 0.25) is 0 Å². The molecule has 0 aromatic rings. The average molecular weight is 233 g/mol. The van der Waals surface area contributed by atoms with E-state index in [-0.39, 0.29) is 15.9 Å². The number of nitrogens with one attached hydrogen (secondary N) is 1. The van der Waals surface area contributed by atoms with E-state index in [0.29, 0.717) is 0 Å². The third kappa shape index (κ3) is 2.91. The van der Waals surface area contributed by atoms with Crippen molar-refractivity contribution in [2.75, 3.05) is 18.1 Å². The van der Waals surface area contributed by atoms with Gasteiger partial charge in [0.1, 0.15) is 5.78 Å². The van der Waals surface area contributed by atoms with E-state index in [0.717, 1.165) is 24.5 Å². The van der Waals surface area contributed by atoms with Crippen molar-refractivity contribution in [3.05, 3.63) is 0 Å². The lowest BCUT2D eigenvalue weighted by Gasteiger charge is -2.26. The highest BCUT2D eigenvalue weighted by Gasteiger charge is 2.40. The van der Waals surface area contributed by atoms with Crippen LogP contribution in [0.3, 0.4) is 0 Å². The minimum absolute atomic E-state index is 0.0908. The molecule has 0 unspecified atom stereocenters. The van der Waals surface area contributed by atoms with Gasteiger partial charge < -0.3 is 5.32 Å². The molecule has 1 N–H and O–H groups in total. The quantitative estimate of drug-likeness (QED) is 0.737. The zero-order chi connectivity index (χ0) is 10.6. The number of Topliss-reactive ketones (excluding diaryl/α,β-unsaturated/α-hetero) is 1. The van der Waals surface area contributed by atoms with Crippen LogP contribution in [0.4, 0.5) is 0 Å². The SMILES string of the molecule is CCSC1(SCC)CN[C@H](C(C)=O)C1. The molecule has 0 saturated carbocycles. The summed E-state index contributed by atoms with van der Waals surface area (Å²) in [7, 11) is 0. The summed E-state index contributed by atoms with van der Waals surface area (Å²) in [5.41, 5.74) is 0. The van der Waals surface area contributed by atoms with E-state index in [4.69, 9.17) is 0 Å². The summed E-state index contributed by atoms with van der Waals surface area (Å²) in [6.45, 7) is 7.02. The number of rotatable bonds is 5. The number of carbonyl (C=O) groups excluding carboxylic acids is 1. The van der Waals surface area contributed by atoms with Crippen LogP contribution < -0.4 is 5.32 Å². The molecule has 1 fully saturated rings. The van der Waals surface area contributed by atoms with Crippen molar-refractivity contribution < 1.29 is 4.79 Å². The standard InChI is InChI=1S/C10H19NOS2/c1-4-13-10(14-5-2)6-9(8(3)12)11-7-10/h9,11H,4-7H2,1-3H3/t9-/m0/s1. The third-order valence-corrected chi connectivity index (χ3v) is 5.40. The smallest absolute Gasteiger partial charge is 0.146 e. The van der Waals surface area contributed by atoms with Gasteiger partial charge in [0.25, 0.3) is 0 Å². The minimum atomic E-state index is 0.0908. The Labute approximate surface area is 95.0 Å². The van der Waals surface area contributed by atoms with Gasteiger partial charge in [-0.15, -0.1) is 23.5 Å². The van der Waals surface area contributed by atoms with Crippen molar-refractivity contribution in [1.82, 2.24) is 5.32 Å². The highest BCUT2D eigenvalue weighted by Crippen LogP contribution is 2.43. The van der Waals surface area contributed by atoms with Crippen LogP contribution in [0.25, 0.3) is 0 Å². The molecule has 0 spiro atoms. The van der Waals surface area contributed by atoms with Crippen molar-refractivity contribution in [2.24, 2.45) is 0 Å². The maximum absolute atomic E-state index is 11.3. The molecule has 0 aliphatic carbocycles. The third-order valence-electron chi connectivity index (χ3n) is 2.44. The lowest BCUT2D eigenvalue weighted by atomic mass is 10.1. The molecule has 2 nitrogen and oxygen atoms in total. The van der Waals surface area contributed by atoms with E-state index < -0.39 is 0 Å². The Morgan fingerprint density at radius 1 is 1.43 bits per heavy atom. The molecule has 1 aliphatic heterocycles. The first-order chi connectivity index (χ1) is 6.63. The average Bonchev–Trinajstić information content (AvgIpc) is 2.51. The number of thioether (sulfide) groups is 2. The molecule has 1 atom stereocenters. The van der Waals surface area contributed by atoms with Crippen molar-refractivity contribution in [3.8, 4) is 0 Å². The first kappa shape index (κ1) is 12.4. The van der Waals surface area contributed by atoms with Gasteiger partial charge in [0.2, 0.25) is 0 Å². The molecule has 82 valence electrons. The second kappa shape index (κ2) is 5.42. The zero-order valence-electron chi connectivity index (χ0n) is 9.13. The van der Waals surface area contributed by atoms with Gasteiger partial charge in [0.15, 0.2) is 0 Å². The molecule has 1 heterocycles. The topological polar surface area (TPSA) is 29.1 Å². The Morgan fingerprint density at radius 3 is 2.36 bits per heavy atom. The summed E-state index contributed by atoms with van der Waals surface area (Å²) < 4.78 is 0.250. The minimum Gasteiger partial charge on any atom is -0.305 e. The molecular formula is C10H19NOS2. The van der Waals surface area contributed by atoms with E-state index in [2.05, 4.69) is 19.2 Å². The second-order valence-corrected chi connectivity index (χ2v) is 7.08.